The van der Waals surface area contributed by atoms with Crippen LogP contribution in [0.15, 0.2) is 24.3 Å². The molecule has 80 valence electrons. The number of hydrogen-bond donors (Lipinski definition) is 2. The third-order valence-corrected chi connectivity index (χ3v) is 2.85. The fourth-order valence-corrected chi connectivity index (χ4v) is 1.56. The van der Waals surface area contributed by atoms with Crippen LogP contribution in [-0.4, -0.2) is 11.4 Å². The lowest BCUT2D eigenvalue weighted by Crippen LogP contribution is -2.35. The van der Waals surface area contributed by atoms with E-state index in [4.69, 9.17) is 5.73 Å². The van der Waals surface area contributed by atoms with Crippen LogP contribution in [0.1, 0.15) is 25.3 Å². The lowest BCUT2D eigenvalue weighted by molar-refractivity contribution is -0.121. The quantitative estimate of drug-likeness (QED) is 0.733. The Kier molecular flexibility index (Phi) is 2.39. The molecule has 0 atom stereocenters. The highest BCUT2D eigenvalue weighted by Crippen LogP contribution is 2.34. The van der Waals surface area contributed by atoms with Crippen LogP contribution in [0.2, 0.25) is 0 Å². The number of benzene rings is 1. The predicted molar refractivity (Wildman–Crippen MR) is 60.3 cm³/mol. The van der Waals surface area contributed by atoms with Crippen molar-refractivity contribution in [3.05, 3.63) is 29.8 Å². The van der Waals surface area contributed by atoms with Gasteiger partial charge in [-0.3, -0.25) is 4.79 Å². The number of carbonyl (C=O) groups excluding carboxylic acids is 1. The van der Waals surface area contributed by atoms with E-state index < -0.39 is 0 Å². The fraction of sp³-hybridized carbons (Fsp3) is 0.417. The first-order chi connectivity index (χ1) is 7.09. The molecule has 1 saturated carbocycles. The number of nitrogen functional groups attached to an aromatic ring is 1. The fourth-order valence-electron chi connectivity index (χ4n) is 1.56. The van der Waals surface area contributed by atoms with Crippen molar-refractivity contribution in [3.8, 4) is 0 Å². The first-order valence-corrected chi connectivity index (χ1v) is 5.23. The van der Waals surface area contributed by atoms with Crippen molar-refractivity contribution >= 4 is 11.6 Å². The molecule has 2 rings (SSSR count). The molecule has 3 heteroatoms. The van der Waals surface area contributed by atoms with E-state index in [2.05, 4.69) is 12.2 Å². The number of nitrogens with one attached hydrogen (secondary N) is 1. The van der Waals surface area contributed by atoms with Gasteiger partial charge >= 0.3 is 0 Å². The zero-order valence-corrected chi connectivity index (χ0v) is 8.92. The van der Waals surface area contributed by atoms with Gasteiger partial charge in [0.05, 0.1) is 6.42 Å². The minimum absolute atomic E-state index is 0.0562. The summed E-state index contributed by atoms with van der Waals surface area (Å²) in [6, 6.07) is 7.49. The lowest BCUT2D eigenvalue weighted by Gasteiger charge is -2.12. The third-order valence-electron chi connectivity index (χ3n) is 2.85. The van der Waals surface area contributed by atoms with Gasteiger partial charge in [0.15, 0.2) is 0 Å². The van der Waals surface area contributed by atoms with Crippen LogP contribution in [0.25, 0.3) is 0 Å². The summed E-state index contributed by atoms with van der Waals surface area (Å²) in [6.07, 6.45) is 2.55. The zero-order valence-electron chi connectivity index (χ0n) is 8.92. The average molecular weight is 204 g/mol. The summed E-state index contributed by atoms with van der Waals surface area (Å²) >= 11 is 0. The summed E-state index contributed by atoms with van der Waals surface area (Å²) in [4.78, 5) is 11.7. The number of hydrogen-bond acceptors (Lipinski definition) is 2. The van der Waals surface area contributed by atoms with Gasteiger partial charge in [-0.2, -0.15) is 0 Å². The molecule has 1 aliphatic carbocycles. The Hall–Kier alpha value is -1.51. The number of para-hydroxylation sites is 1. The Labute approximate surface area is 89.7 Å². The van der Waals surface area contributed by atoms with Crippen LogP contribution in [-0.2, 0) is 11.2 Å². The molecule has 0 spiro atoms. The summed E-state index contributed by atoms with van der Waals surface area (Å²) in [5, 5.41) is 3.01. The van der Waals surface area contributed by atoms with E-state index >= 15 is 0 Å². The second-order valence-corrected chi connectivity index (χ2v) is 4.48. The number of anilines is 1. The third kappa shape index (κ3) is 2.49. The van der Waals surface area contributed by atoms with Gasteiger partial charge in [-0.15, -0.1) is 0 Å². The van der Waals surface area contributed by atoms with Gasteiger partial charge in [0.1, 0.15) is 0 Å². The molecule has 1 amide bonds. The normalized spacial score (nSPS) is 17.1. The minimum Gasteiger partial charge on any atom is -0.398 e. The van der Waals surface area contributed by atoms with Crippen LogP contribution < -0.4 is 11.1 Å². The van der Waals surface area contributed by atoms with Crippen molar-refractivity contribution in [1.82, 2.24) is 5.32 Å². The second-order valence-electron chi connectivity index (χ2n) is 4.48. The number of rotatable bonds is 3. The van der Waals surface area contributed by atoms with Crippen LogP contribution >= 0.6 is 0 Å². The largest absolute Gasteiger partial charge is 0.398 e. The van der Waals surface area contributed by atoms with Crippen LogP contribution in [0.3, 0.4) is 0 Å². The second kappa shape index (κ2) is 3.57. The van der Waals surface area contributed by atoms with E-state index in [-0.39, 0.29) is 11.4 Å². The van der Waals surface area contributed by atoms with Crippen LogP contribution in [0.4, 0.5) is 5.69 Å². The van der Waals surface area contributed by atoms with Crippen molar-refractivity contribution in [3.63, 3.8) is 0 Å². The molecule has 1 aromatic carbocycles. The van der Waals surface area contributed by atoms with E-state index in [0.717, 1.165) is 18.4 Å². The molecule has 15 heavy (non-hydrogen) atoms. The van der Waals surface area contributed by atoms with Gasteiger partial charge in [-0.1, -0.05) is 18.2 Å². The summed E-state index contributed by atoms with van der Waals surface area (Å²) in [6.45, 7) is 2.07. The lowest BCUT2D eigenvalue weighted by atomic mass is 10.1. The van der Waals surface area contributed by atoms with Gasteiger partial charge in [0.25, 0.3) is 0 Å². The molecule has 0 unspecified atom stereocenters. The van der Waals surface area contributed by atoms with E-state index in [1.54, 1.807) is 0 Å². The van der Waals surface area contributed by atoms with Gasteiger partial charge < -0.3 is 11.1 Å². The topological polar surface area (TPSA) is 55.1 Å². The Bertz CT molecular complexity index is 383. The van der Waals surface area contributed by atoms with Gasteiger partial charge in [0.2, 0.25) is 5.91 Å². The van der Waals surface area contributed by atoms with Crippen molar-refractivity contribution in [2.75, 3.05) is 5.73 Å². The van der Waals surface area contributed by atoms with E-state index in [1.165, 1.54) is 0 Å². The van der Waals surface area contributed by atoms with Crippen molar-refractivity contribution in [2.45, 2.75) is 31.7 Å². The Morgan fingerprint density at radius 2 is 2.13 bits per heavy atom. The van der Waals surface area contributed by atoms with Crippen molar-refractivity contribution < 1.29 is 4.79 Å². The molecule has 0 aromatic heterocycles. The molecule has 3 nitrogen and oxygen atoms in total. The maximum atomic E-state index is 11.7. The predicted octanol–water partition coefficient (Wildman–Crippen LogP) is 1.48. The molecule has 0 saturated heterocycles. The average Bonchev–Trinajstić information content (AvgIpc) is 2.87. The molecule has 1 aliphatic rings. The maximum absolute atomic E-state index is 11.7. The first-order valence-electron chi connectivity index (χ1n) is 5.23. The smallest absolute Gasteiger partial charge is 0.224 e. The van der Waals surface area contributed by atoms with E-state index in [1.807, 2.05) is 24.3 Å². The Morgan fingerprint density at radius 3 is 2.73 bits per heavy atom. The van der Waals surface area contributed by atoms with E-state index in [0.29, 0.717) is 12.1 Å². The molecule has 0 radical (unpaired) electrons. The number of carbonyl (C=O) groups is 1. The Balaban J connectivity index is 1.97. The summed E-state index contributed by atoms with van der Waals surface area (Å²) in [5.74, 6) is 0.0629. The molecular weight excluding hydrogens is 188 g/mol. The molecule has 0 heterocycles. The van der Waals surface area contributed by atoms with Gasteiger partial charge in [-0.25, -0.2) is 0 Å². The zero-order chi connectivity index (χ0) is 10.9. The van der Waals surface area contributed by atoms with Crippen molar-refractivity contribution in [2.24, 2.45) is 0 Å². The van der Waals surface area contributed by atoms with E-state index in [9.17, 15) is 4.79 Å². The van der Waals surface area contributed by atoms with Gasteiger partial charge in [0, 0.05) is 11.2 Å². The number of nitrogens with two attached hydrogens (primary N) is 1. The molecular formula is C12H16N2O. The monoisotopic (exact) mass is 204 g/mol. The highest BCUT2D eigenvalue weighted by atomic mass is 16.1. The summed E-state index contributed by atoms with van der Waals surface area (Å²) in [5.41, 5.74) is 7.42. The summed E-state index contributed by atoms with van der Waals surface area (Å²) in [7, 11) is 0. The number of amides is 1. The highest BCUT2D eigenvalue weighted by molar-refractivity contribution is 5.81. The molecule has 1 fully saturated rings. The minimum atomic E-state index is 0.0562. The maximum Gasteiger partial charge on any atom is 0.224 e. The Morgan fingerprint density at radius 1 is 1.47 bits per heavy atom. The van der Waals surface area contributed by atoms with Crippen LogP contribution in [0.5, 0.6) is 0 Å². The van der Waals surface area contributed by atoms with Gasteiger partial charge in [-0.05, 0) is 31.4 Å². The highest BCUT2D eigenvalue weighted by Gasteiger charge is 2.38. The van der Waals surface area contributed by atoms with Crippen LogP contribution in [0, 0.1) is 0 Å². The molecule has 0 bridgehead atoms. The molecule has 3 N–H and O–H groups in total. The standard InChI is InChI=1S/C12H16N2O/c1-12(6-7-12)14-11(15)8-9-4-2-3-5-10(9)13/h2-5H,6-8,13H2,1H3,(H,14,15). The van der Waals surface area contributed by atoms with Crippen molar-refractivity contribution in [1.29, 1.82) is 0 Å². The first kappa shape index (κ1) is 10.0. The SMILES string of the molecule is CC1(NC(=O)Cc2ccccc2N)CC1. The molecule has 1 aromatic rings. The molecule has 0 aliphatic heterocycles. The summed E-state index contributed by atoms with van der Waals surface area (Å²) < 4.78 is 0.